The summed E-state index contributed by atoms with van der Waals surface area (Å²) < 4.78 is 0. The van der Waals surface area contributed by atoms with Gasteiger partial charge < -0.3 is 15.7 Å². The molecule has 0 heterocycles. The summed E-state index contributed by atoms with van der Waals surface area (Å²) >= 11 is 6.02. The van der Waals surface area contributed by atoms with E-state index in [0.717, 1.165) is 43.4 Å². The molecule has 5 rings (SSSR count). The Kier molecular flexibility index (Phi) is 3.90. The fourth-order valence-corrected chi connectivity index (χ4v) is 5.73. The minimum atomic E-state index is -0.499. The van der Waals surface area contributed by atoms with E-state index in [9.17, 15) is 9.90 Å². The normalized spacial score (nSPS) is 36.8. The highest BCUT2D eigenvalue weighted by Crippen LogP contribution is 2.57. The quantitative estimate of drug-likeness (QED) is 0.782. The molecular weight excluding hydrogens is 324 g/mol. The predicted octanol–water partition coefficient (Wildman–Crippen LogP) is 3.26. The van der Waals surface area contributed by atoms with Crippen molar-refractivity contribution < 1.29 is 9.90 Å². The van der Waals surface area contributed by atoms with Crippen molar-refractivity contribution in [2.75, 3.05) is 11.9 Å². The van der Waals surface area contributed by atoms with Crippen LogP contribution in [0.25, 0.3) is 0 Å². The van der Waals surface area contributed by atoms with Gasteiger partial charge in [0.1, 0.15) is 0 Å². The zero-order chi connectivity index (χ0) is 16.9. The van der Waals surface area contributed by atoms with Crippen LogP contribution in [0.5, 0.6) is 0 Å². The number of hydrogen-bond acceptors (Lipinski definition) is 3. The molecule has 4 aliphatic carbocycles. The lowest BCUT2D eigenvalue weighted by Crippen LogP contribution is -2.65. The summed E-state index contributed by atoms with van der Waals surface area (Å²) in [6.07, 6.45) is 6.13. The zero-order valence-corrected chi connectivity index (χ0v) is 14.8. The maximum Gasteiger partial charge on any atom is 0.238 e. The van der Waals surface area contributed by atoms with Gasteiger partial charge in [-0.2, -0.15) is 0 Å². The van der Waals surface area contributed by atoms with E-state index in [4.69, 9.17) is 11.6 Å². The molecule has 0 unspecified atom stereocenters. The topological polar surface area (TPSA) is 61.4 Å². The van der Waals surface area contributed by atoms with E-state index in [1.165, 1.54) is 6.42 Å². The number of carbonyl (C=O) groups is 1. The molecule has 4 saturated carbocycles. The molecule has 130 valence electrons. The Balaban J connectivity index is 1.38. The summed E-state index contributed by atoms with van der Waals surface area (Å²) in [5.74, 6) is 1.19. The standard InChI is InChI=1S/C19H25ClN2O2/c1-12-4-15(2-3-16(12)20)22-17(23)10-21-18-6-13-5-14(7-18)9-19(24,8-13)11-18/h2-4,13-14,21,24H,5-11H2,1H3,(H,22,23)/t13-,14-,18?,19?/m0/s1. The van der Waals surface area contributed by atoms with Crippen LogP contribution in [0.1, 0.15) is 44.1 Å². The monoisotopic (exact) mass is 348 g/mol. The fourth-order valence-electron chi connectivity index (χ4n) is 5.62. The molecule has 24 heavy (non-hydrogen) atoms. The molecule has 4 nitrogen and oxygen atoms in total. The molecule has 4 aliphatic rings. The molecule has 0 aliphatic heterocycles. The fraction of sp³-hybridized carbons (Fsp3) is 0.632. The maximum atomic E-state index is 12.3. The molecule has 4 fully saturated rings. The van der Waals surface area contributed by atoms with Crippen LogP contribution in [0.2, 0.25) is 5.02 Å². The maximum absolute atomic E-state index is 12.3. The lowest BCUT2D eigenvalue weighted by molar-refractivity contribution is -0.144. The van der Waals surface area contributed by atoms with Gasteiger partial charge in [-0.25, -0.2) is 0 Å². The first-order valence-electron chi connectivity index (χ1n) is 8.88. The third-order valence-corrected chi connectivity index (χ3v) is 6.52. The molecule has 5 heteroatoms. The predicted molar refractivity (Wildman–Crippen MR) is 95.2 cm³/mol. The Bertz CT molecular complexity index is 661. The van der Waals surface area contributed by atoms with Crippen LogP contribution < -0.4 is 10.6 Å². The number of benzene rings is 1. The minimum Gasteiger partial charge on any atom is -0.390 e. The molecule has 0 aromatic heterocycles. The van der Waals surface area contributed by atoms with Gasteiger partial charge >= 0.3 is 0 Å². The van der Waals surface area contributed by atoms with E-state index < -0.39 is 5.60 Å². The molecular formula is C19H25ClN2O2. The molecule has 2 atom stereocenters. The first kappa shape index (κ1) is 16.4. The lowest BCUT2D eigenvalue weighted by Gasteiger charge is -2.60. The number of carbonyl (C=O) groups excluding carboxylic acids is 1. The van der Waals surface area contributed by atoms with Crippen molar-refractivity contribution in [2.45, 2.75) is 56.6 Å². The number of nitrogens with one attached hydrogen (secondary N) is 2. The number of aliphatic hydroxyl groups is 1. The third-order valence-electron chi connectivity index (χ3n) is 6.10. The number of halogens is 1. The van der Waals surface area contributed by atoms with E-state index in [2.05, 4.69) is 10.6 Å². The van der Waals surface area contributed by atoms with E-state index in [1.807, 2.05) is 19.1 Å². The van der Waals surface area contributed by atoms with Crippen LogP contribution in [0.4, 0.5) is 5.69 Å². The minimum absolute atomic E-state index is 0.0422. The Hall–Kier alpha value is -1.10. The molecule has 3 N–H and O–H groups in total. The van der Waals surface area contributed by atoms with Gasteiger partial charge in [-0.05, 0) is 81.0 Å². The summed E-state index contributed by atoms with van der Waals surface area (Å²) in [6, 6.07) is 5.50. The largest absolute Gasteiger partial charge is 0.390 e. The SMILES string of the molecule is Cc1cc(NC(=O)CNC23C[C@@H]4C[C@H](CC(O)(C4)C2)C3)ccc1Cl. The number of anilines is 1. The van der Waals surface area contributed by atoms with E-state index in [1.54, 1.807) is 6.07 Å². The van der Waals surface area contributed by atoms with Crippen LogP contribution in [0.3, 0.4) is 0 Å². The average Bonchev–Trinajstić information content (AvgIpc) is 2.47. The second-order valence-electron chi connectivity index (χ2n) is 8.33. The highest BCUT2D eigenvalue weighted by Gasteiger charge is 2.56. The Morgan fingerprint density at radius 1 is 1.29 bits per heavy atom. The zero-order valence-electron chi connectivity index (χ0n) is 14.1. The van der Waals surface area contributed by atoms with E-state index in [-0.39, 0.29) is 18.0 Å². The molecule has 1 aromatic rings. The number of rotatable bonds is 4. The van der Waals surface area contributed by atoms with Crippen LogP contribution in [0.15, 0.2) is 18.2 Å². The molecule has 0 spiro atoms. The average molecular weight is 349 g/mol. The van der Waals surface area contributed by atoms with Crippen LogP contribution in [-0.2, 0) is 4.79 Å². The van der Waals surface area contributed by atoms with Crippen LogP contribution in [0, 0.1) is 18.8 Å². The number of aryl methyl sites for hydroxylation is 1. The Morgan fingerprint density at radius 2 is 2.00 bits per heavy atom. The summed E-state index contributed by atoms with van der Waals surface area (Å²) in [7, 11) is 0. The van der Waals surface area contributed by atoms with Crippen LogP contribution >= 0.6 is 11.6 Å². The van der Waals surface area contributed by atoms with Gasteiger partial charge in [0.25, 0.3) is 0 Å². The van der Waals surface area contributed by atoms with Gasteiger partial charge in [0.2, 0.25) is 5.91 Å². The van der Waals surface area contributed by atoms with Crippen molar-refractivity contribution in [3.05, 3.63) is 28.8 Å². The summed E-state index contributed by atoms with van der Waals surface area (Å²) in [5, 5.41) is 17.9. The first-order chi connectivity index (χ1) is 11.3. The molecule has 1 aromatic carbocycles. The first-order valence-corrected chi connectivity index (χ1v) is 9.26. The van der Waals surface area contributed by atoms with Crippen LogP contribution in [-0.4, -0.2) is 28.7 Å². The number of amides is 1. The molecule has 0 saturated heterocycles. The third kappa shape index (κ3) is 3.07. The lowest BCUT2D eigenvalue weighted by atomic mass is 9.51. The van der Waals surface area contributed by atoms with E-state index >= 15 is 0 Å². The summed E-state index contributed by atoms with van der Waals surface area (Å²) in [4.78, 5) is 12.3. The smallest absolute Gasteiger partial charge is 0.238 e. The van der Waals surface area contributed by atoms with Crippen molar-refractivity contribution in [1.82, 2.24) is 5.32 Å². The highest BCUT2D eigenvalue weighted by molar-refractivity contribution is 6.31. The van der Waals surface area contributed by atoms with Crippen molar-refractivity contribution in [2.24, 2.45) is 11.8 Å². The summed E-state index contributed by atoms with van der Waals surface area (Å²) in [6.45, 7) is 2.21. The van der Waals surface area contributed by atoms with Gasteiger partial charge in [0.15, 0.2) is 0 Å². The van der Waals surface area contributed by atoms with Crippen molar-refractivity contribution >= 4 is 23.2 Å². The Labute approximate surface area is 148 Å². The second-order valence-corrected chi connectivity index (χ2v) is 8.74. The van der Waals surface area contributed by atoms with E-state index in [0.29, 0.717) is 16.9 Å². The van der Waals surface area contributed by atoms with Gasteiger partial charge in [0, 0.05) is 16.2 Å². The van der Waals surface area contributed by atoms with Crippen molar-refractivity contribution in [1.29, 1.82) is 0 Å². The van der Waals surface area contributed by atoms with Gasteiger partial charge in [-0.15, -0.1) is 0 Å². The molecule has 0 radical (unpaired) electrons. The molecule has 4 bridgehead atoms. The van der Waals surface area contributed by atoms with Gasteiger partial charge in [0.05, 0.1) is 12.1 Å². The van der Waals surface area contributed by atoms with Gasteiger partial charge in [-0.3, -0.25) is 4.79 Å². The Morgan fingerprint density at radius 3 is 2.62 bits per heavy atom. The van der Waals surface area contributed by atoms with Crippen molar-refractivity contribution in [3.8, 4) is 0 Å². The molecule has 1 amide bonds. The highest BCUT2D eigenvalue weighted by atomic mass is 35.5. The second kappa shape index (κ2) is 5.72. The van der Waals surface area contributed by atoms with Crippen molar-refractivity contribution in [3.63, 3.8) is 0 Å². The summed E-state index contributed by atoms with van der Waals surface area (Å²) in [5.41, 5.74) is 1.17. The number of hydrogen-bond donors (Lipinski definition) is 3. The van der Waals surface area contributed by atoms with Gasteiger partial charge in [-0.1, -0.05) is 11.6 Å².